The molecule has 3 heterocycles. The lowest BCUT2D eigenvalue weighted by molar-refractivity contribution is -0.176. The predicted molar refractivity (Wildman–Crippen MR) is 133 cm³/mol. The molecule has 1 aromatic rings. The zero-order chi connectivity index (χ0) is 30.6. The summed E-state index contributed by atoms with van der Waals surface area (Å²) in [5, 5.41) is 52.3. The van der Waals surface area contributed by atoms with E-state index in [1.54, 1.807) is 0 Å². The zero-order valence-electron chi connectivity index (χ0n) is 21.1. The molecule has 0 radical (unpaired) electrons. The maximum atomic E-state index is 12.6. The molecule has 0 aliphatic carbocycles. The first-order valence-electron chi connectivity index (χ1n) is 11.7. The van der Waals surface area contributed by atoms with Crippen LogP contribution in [-0.2, 0) is 27.9 Å². The number of nitrogens with zero attached hydrogens (tertiary/aromatic N) is 2. The Bertz CT molecular complexity index is 1260. The fourth-order valence-corrected chi connectivity index (χ4v) is 5.45. The van der Waals surface area contributed by atoms with Gasteiger partial charge in [-0.2, -0.15) is 4.98 Å². The Morgan fingerprint density at radius 1 is 1.37 bits per heavy atom. The van der Waals surface area contributed by atoms with Crippen LogP contribution in [0.15, 0.2) is 40.5 Å². The fraction of sp³-hybridized carbons (Fsp3) is 0.550. The van der Waals surface area contributed by atoms with Crippen LogP contribution in [-0.4, -0.2) is 107 Å². The smallest absolute Gasteiger partial charge is 0.527 e. The minimum atomic E-state index is -5.29. The maximum Gasteiger partial charge on any atom is 0.527 e. The molecule has 1 fully saturated rings. The van der Waals surface area contributed by atoms with Crippen LogP contribution < -0.4 is 21.6 Å². The van der Waals surface area contributed by atoms with E-state index in [1.165, 1.54) is 12.1 Å². The molecule has 2 aliphatic heterocycles. The molecule has 10 N–H and O–H groups in total. The van der Waals surface area contributed by atoms with Gasteiger partial charge in [0.1, 0.15) is 36.3 Å². The van der Waals surface area contributed by atoms with E-state index >= 15 is 0 Å². The summed E-state index contributed by atoms with van der Waals surface area (Å²) in [4.78, 5) is 59.0. The van der Waals surface area contributed by atoms with Crippen molar-refractivity contribution >= 4 is 27.9 Å². The number of anilines is 1. The molecule has 0 spiro atoms. The van der Waals surface area contributed by atoms with Gasteiger partial charge in [-0.15, -0.1) is 0 Å². The average molecular weight is 627 g/mol. The van der Waals surface area contributed by atoms with E-state index in [4.69, 9.17) is 29.4 Å². The minimum Gasteiger partial charge on any atom is -0.802 e. The Morgan fingerprint density at radius 2 is 2.05 bits per heavy atom. The number of rotatable bonds is 11. The summed E-state index contributed by atoms with van der Waals surface area (Å²) in [6.45, 7) is -0.696. The number of carbonyl (C=O) groups is 1. The first kappa shape index (κ1) is 33.0. The molecule has 41 heavy (non-hydrogen) atoms. The third-order valence-corrected chi connectivity index (χ3v) is 7.50. The van der Waals surface area contributed by atoms with Gasteiger partial charge in [0.15, 0.2) is 23.6 Å². The number of allylic oxidation sites excluding steroid dienone is 1. The topological polar surface area (TPSA) is 309 Å². The molecule has 0 bridgehead atoms. The van der Waals surface area contributed by atoms with Gasteiger partial charge >= 0.3 is 13.5 Å². The first-order chi connectivity index (χ1) is 19.1. The van der Waals surface area contributed by atoms with Crippen molar-refractivity contribution in [2.24, 2.45) is 0 Å². The van der Waals surface area contributed by atoms with Crippen LogP contribution >= 0.6 is 16.2 Å². The highest BCUT2D eigenvalue weighted by molar-refractivity contribution is 7.51. The second-order valence-corrected chi connectivity index (χ2v) is 11.1. The molecule has 230 valence electrons. The van der Waals surface area contributed by atoms with Crippen molar-refractivity contribution < 1.29 is 68.1 Å². The SMILES string of the molecule is CC(=O)N[C@@H]1C=C/C(=C(\OP(=O)(O)OC[C@H]2O[C@@H](n3ccc(N)nc3=O)[C@H](O)[C@@H]2O)P([O-])O)O[C@H]1[C@H](O)[C@H](O)CO. The number of phosphoric acid groups is 1. The Kier molecular flexibility index (Phi) is 11.0. The molecule has 0 aromatic carbocycles. The number of aliphatic hydroxyl groups is 5. The molecule has 19 nitrogen and oxygen atoms in total. The van der Waals surface area contributed by atoms with Crippen LogP contribution in [0, 0.1) is 0 Å². The number of phosphoric ester groups is 1. The number of aromatic nitrogens is 2. The van der Waals surface area contributed by atoms with Gasteiger partial charge in [0.05, 0.1) is 19.3 Å². The number of nitrogen functional groups attached to an aromatic ring is 1. The van der Waals surface area contributed by atoms with Crippen molar-refractivity contribution in [3.63, 3.8) is 0 Å². The number of ether oxygens (including phenoxy) is 2. The normalized spacial score (nSPS) is 31.0. The number of hydrogen-bond donors (Lipinski definition) is 9. The van der Waals surface area contributed by atoms with Crippen molar-refractivity contribution in [1.82, 2.24) is 14.9 Å². The van der Waals surface area contributed by atoms with Crippen molar-refractivity contribution in [2.75, 3.05) is 18.9 Å². The summed E-state index contributed by atoms with van der Waals surface area (Å²) < 4.78 is 33.8. The lowest BCUT2D eigenvalue weighted by Gasteiger charge is -2.36. The van der Waals surface area contributed by atoms with Crippen LogP contribution in [0.5, 0.6) is 0 Å². The second kappa shape index (κ2) is 13.6. The highest BCUT2D eigenvalue weighted by Gasteiger charge is 2.46. The molecule has 21 heteroatoms. The zero-order valence-corrected chi connectivity index (χ0v) is 22.9. The standard InChI is InChI=1S/C20H29N4O15P2/c1-8(26)22-9-2-3-11(37-17(9)14(28)10(27)6-25)19(40(32)33)39-41(34,35)36-7-12-15(29)16(30)18(38-12)24-5-4-13(21)23-20(24)31/h2-5,9-10,12,14-18,25,27-30,32H,6-7H2,1H3,(H,22,26)(H,34,35)(H2,21,23,31)/q-1/b19-11-/t9-,10-,12-,14-,15-,16-,17-,18-/m1/s1. The quantitative estimate of drug-likeness (QED) is 0.0826. The molecular weight excluding hydrogens is 598 g/mol. The van der Waals surface area contributed by atoms with Gasteiger partial charge in [0.25, 0.3) is 0 Å². The van der Waals surface area contributed by atoms with Crippen LogP contribution in [0.2, 0.25) is 0 Å². The van der Waals surface area contributed by atoms with Gasteiger partial charge in [-0.1, -0.05) is 6.08 Å². The Balaban J connectivity index is 1.77. The van der Waals surface area contributed by atoms with Crippen LogP contribution in [0.4, 0.5) is 5.82 Å². The van der Waals surface area contributed by atoms with Gasteiger partial charge in [-0.05, 0) is 12.1 Å². The Hall–Kier alpha value is -2.51. The maximum absolute atomic E-state index is 12.6. The molecule has 2 aliphatic rings. The first-order valence-corrected chi connectivity index (χ1v) is 14.4. The van der Waals surface area contributed by atoms with Gasteiger partial charge in [0.2, 0.25) is 5.91 Å². The van der Waals surface area contributed by atoms with E-state index in [1.807, 2.05) is 0 Å². The lowest BCUT2D eigenvalue weighted by atomic mass is 9.98. The van der Waals surface area contributed by atoms with E-state index in [-0.39, 0.29) is 5.82 Å². The predicted octanol–water partition coefficient (Wildman–Crippen LogP) is -4.41. The summed E-state index contributed by atoms with van der Waals surface area (Å²) in [6.07, 6.45) is -8.28. The van der Waals surface area contributed by atoms with E-state index in [2.05, 4.69) is 10.3 Å². The number of aliphatic hydroxyl groups excluding tert-OH is 5. The van der Waals surface area contributed by atoms with E-state index < -0.39 is 101 Å². The van der Waals surface area contributed by atoms with E-state index in [9.17, 15) is 49.3 Å². The molecule has 1 saturated heterocycles. The summed E-state index contributed by atoms with van der Waals surface area (Å²) >= 11 is 0. The average Bonchev–Trinajstić information content (AvgIpc) is 3.18. The molecule has 1 amide bonds. The number of nitrogens with two attached hydrogens (primary N) is 1. The number of carbonyl (C=O) groups excluding carboxylic acids is 1. The summed E-state index contributed by atoms with van der Waals surface area (Å²) in [6, 6.07) is 0.120. The second-order valence-electron chi connectivity index (χ2n) is 8.79. The highest BCUT2D eigenvalue weighted by Crippen LogP contribution is 2.53. The number of amides is 1. The Labute approximate surface area is 232 Å². The third-order valence-electron chi connectivity index (χ3n) is 5.81. The summed E-state index contributed by atoms with van der Waals surface area (Å²) in [5.74, 6) is -1.35. The highest BCUT2D eigenvalue weighted by atomic mass is 31.2. The summed E-state index contributed by atoms with van der Waals surface area (Å²) in [5.41, 5.74) is 3.36. The van der Waals surface area contributed by atoms with E-state index in [0.29, 0.717) is 0 Å². The van der Waals surface area contributed by atoms with Crippen LogP contribution in [0.3, 0.4) is 0 Å². The van der Waals surface area contributed by atoms with Crippen LogP contribution in [0.25, 0.3) is 0 Å². The fourth-order valence-electron chi connectivity index (χ4n) is 3.85. The number of nitrogens with one attached hydrogen (secondary N) is 1. The molecular formula is C20H29N4O15P2-. The lowest BCUT2D eigenvalue weighted by Crippen LogP contribution is -2.53. The van der Waals surface area contributed by atoms with Gasteiger partial charge in [-0.25, -0.2) is 9.36 Å². The molecule has 1 aromatic heterocycles. The molecule has 2 unspecified atom stereocenters. The largest absolute Gasteiger partial charge is 0.802 e. The van der Waals surface area contributed by atoms with E-state index in [0.717, 1.165) is 23.8 Å². The van der Waals surface area contributed by atoms with Gasteiger partial charge in [0, 0.05) is 21.5 Å². The van der Waals surface area contributed by atoms with Crippen molar-refractivity contribution in [1.29, 1.82) is 0 Å². The molecule has 0 saturated carbocycles. The third kappa shape index (κ3) is 8.07. The summed E-state index contributed by atoms with van der Waals surface area (Å²) in [7, 11) is -8.85. The number of hydrogen-bond acceptors (Lipinski definition) is 16. The van der Waals surface area contributed by atoms with Crippen molar-refractivity contribution in [3.8, 4) is 0 Å². The van der Waals surface area contributed by atoms with Gasteiger partial charge < -0.3 is 60.4 Å². The van der Waals surface area contributed by atoms with Crippen molar-refractivity contribution in [3.05, 3.63) is 46.2 Å². The monoisotopic (exact) mass is 627 g/mol. The van der Waals surface area contributed by atoms with Crippen molar-refractivity contribution in [2.45, 2.75) is 55.8 Å². The minimum absolute atomic E-state index is 0.113. The van der Waals surface area contributed by atoms with Gasteiger partial charge in [-0.3, -0.25) is 18.8 Å². The molecule has 3 rings (SSSR count). The van der Waals surface area contributed by atoms with Crippen LogP contribution in [0.1, 0.15) is 13.2 Å². The Morgan fingerprint density at radius 3 is 2.63 bits per heavy atom. The molecule has 10 atom stereocenters.